The Kier molecular flexibility index (Phi) is 5.90. The van der Waals surface area contributed by atoms with E-state index in [1.807, 2.05) is 6.07 Å². The zero-order valence-electron chi connectivity index (χ0n) is 16.8. The molecule has 2 aromatic rings. The number of hydrogen-bond acceptors (Lipinski definition) is 3. The van der Waals surface area contributed by atoms with Gasteiger partial charge in [-0.25, -0.2) is 4.39 Å². The standard InChI is InChI=1S/C23H20F4N2O2/c1-13-22(2,21(30)31)20(16-9-8-15(24)11-18(16)23(25,26)27)17(12-28)19(29-13)10-14-6-4-3-5-7-14/h3-9,11,13,17,20H,10H2,1-2H3,(H,30,31). The topological polar surface area (TPSA) is 73.5 Å². The number of nitrogens with zero attached hydrogens (tertiary/aromatic N) is 2. The Morgan fingerprint density at radius 1 is 1.23 bits per heavy atom. The maximum absolute atomic E-state index is 13.8. The quantitative estimate of drug-likeness (QED) is 0.671. The highest BCUT2D eigenvalue weighted by atomic mass is 19.4. The lowest BCUT2D eigenvalue weighted by atomic mass is 9.60. The van der Waals surface area contributed by atoms with Crippen LogP contribution in [0.1, 0.15) is 36.5 Å². The smallest absolute Gasteiger partial charge is 0.416 e. The van der Waals surface area contributed by atoms with Gasteiger partial charge in [-0.3, -0.25) is 9.79 Å². The lowest BCUT2D eigenvalue weighted by molar-refractivity contribution is -0.152. The summed E-state index contributed by atoms with van der Waals surface area (Å²) in [5, 5.41) is 19.9. The van der Waals surface area contributed by atoms with Gasteiger partial charge in [-0.15, -0.1) is 0 Å². The van der Waals surface area contributed by atoms with Gasteiger partial charge < -0.3 is 5.11 Å². The highest BCUT2D eigenvalue weighted by Crippen LogP contribution is 2.51. The number of halogens is 4. The monoisotopic (exact) mass is 432 g/mol. The Balaban J connectivity index is 2.24. The van der Waals surface area contributed by atoms with E-state index in [1.54, 1.807) is 30.3 Å². The van der Waals surface area contributed by atoms with Crippen molar-refractivity contribution in [2.24, 2.45) is 16.3 Å². The van der Waals surface area contributed by atoms with Crippen LogP contribution in [0.2, 0.25) is 0 Å². The minimum Gasteiger partial charge on any atom is -0.481 e. The first-order valence-electron chi connectivity index (χ1n) is 9.60. The van der Waals surface area contributed by atoms with Crippen molar-refractivity contribution in [2.45, 2.75) is 38.4 Å². The number of aliphatic imine (C=N–C) groups is 1. The van der Waals surface area contributed by atoms with Gasteiger partial charge in [0.2, 0.25) is 0 Å². The molecule has 0 fully saturated rings. The largest absolute Gasteiger partial charge is 0.481 e. The van der Waals surface area contributed by atoms with E-state index in [0.29, 0.717) is 11.8 Å². The molecule has 2 aromatic carbocycles. The fourth-order valence-corrected chi connectivity index (χ4v) is 4.23. The number of carboxylic acids is 1. The second-order valence-electron chi connectivity index (χ2n) is 7.86. The van der Waals surface area contributed by atoms with Crippen LogP contribution in [0, 0.1) is 28.5 Å². The molecule has 0 amide bonds. The molecule has 1 aliphatic heterocycles. The first kappa shape index (κ1) is 22.5. The van der Waals surface area contributed by atoms with Crippen molar-refractivity contribution in [2.75, 3.05) is 0 Å². The minimum absolute atomic E-state index is 0.193. The van der Waals surface area contributed by atoms with Crippen molar-refractivity contribution in [1.82, 2.24) is 0 Å². The van der Waals surface area contributed by atoms with Crippen molar-refractivity contribution < 1.29 is 27.5 Å². The molecule has 0 aliphatic carbocycles. The van der Waals surface area contributed by atoms with Gasteiger partial charge in [0.1, 0.15) is 5.82 Å². The molecule has 1 N–H and O–H groups in total. The normalized spacial score (nSPS) is 26.1. The van der Waals surface area contributed by atoms with E-state index >= 15 is 0 Å². The molecule has 4 unspecified atom stereocenters. The summed E-state index contributed by atoms with van der Waals surface area (Å²) in [6, 6.07) is 12.2. The first-order chi connectivity index (χ1) is 14.5. The number of benzene rings is 2. The number of alkyl halides is 3. The lowest BCUT2D eigenvalue weighted by Crippen LogP contribution is -2.51. The summed E-state index contributed by atoms with van der Waals surface area (Å²) in [7, 11) is 0. The molecule has 4 nitrogen and oxygen atoms in total. The Labute approximate surface area is 176 Å². The van der Waals surface area contributed by atoms with Crippen LogP contribution in [0.3, 0.4) is 0 Å². The van der Waals surface area contributed by atoms with Gasteiger partial charge in [0.15, 0.2) is 0 Å². The molecule has 4 atom stereocenters. The highest BCUT2D eigenvalue weighted by Gasteiger charge is 2.56. The van der Waals surface area contributed by atoms with E-state index in [0.717, 1.165) is 17.7 Å². The number of aliphatic carboxylic acids is 1. The number of carbonyl (C=O) groups is 1. The van der Waals surface area contributed by atoms with E-state index in [-0.39, 0.29) is 6.42 Å². The van der Waals surface area contributed by atoms with Gasteiger partial charge in [0.25, 0.3) is 0 Å². The van der Waals surface area contributed by atoms with Crippen LogP contribution in [-0.4, -0.2) is 22.8 Å². The molecule has 1 aliphatic rings. The van der Waals surface area contributed by atoms with E-state index in [9.17, 15) is 32.7 Å². The lowest BCUT2D eigenvalue weighted by Gasteiger charge is -2.44. The molecule has 0 bridgehead atoms. The molecule has 8 heteroatoms. The van der Waals surface area contributed by atoms with Crippen LogP contribution in [0.25, 0.3) is 0 Å². The highest BCUT2D eigenvalue weighted by molar-refractivity contribution is 5.95. The molecule has 162 valence electrons. The fraction of sp³-hybridized carbons (Fsp3) is 0.348. The van der Waals surface area contributed by atoms with Crippen molar-refractivity contribution >= 4 is 11.7 Å². The molecular formula is C23H20F4N2O2. The number of hydrogen-bond donors (Lipinski definition) is 1. The maximum Gasteiger partial charge on any atom is 0.416 e. The van der Waals surface area contributed by atoms with Gasteiger partial charge in [0.05, 0.1) is 29.0 Å². The van der Waals surface area contributed by atoms with E-state index in [2.05, 4.69) is 4.99 Å². The fourth-order valence-electron chi connectivity index (χ4n) is 4.23. The molecule has 31 heavy (non-hydrogen) atoms. The summed E-state index contributed by atoms with van der Waals surface area (Å²) < 4.78 is 55.1. The van der Waals surface area contributed by atoms with Gasteiger partial charge in [-0.1, -0.05) is 36.4 Å². The first-order valence-corrected chi connectivity index (χ1v) is 9.60. The SMILES string of the molecule is CC1N=C(Cc2ccccc2)C(C#N)C(c2ccc(F)cc2C(F)(F)F)C1(C)C(=O)O. The van der Waals surface area contributed by atoms with Crippen LogP contribution in [0.4, 0.5) is 17.6 Å². The van der Waals surface area contributed by atoms with E-state index in [4.69, 9.17) is 0 Å². The average Bonchev–Trinajstić information content (AvgIpc) is 2.70. The van der Waals surface area contributed by atoms with Crippen molar-refractivity contribution in [3.63, 3.8) is 0 Å². The molecule has 0 radical (unpaired) electrons. The zero-order chi connectivity index (χ0) is 23.0. The minimum atomic E-state index is -4.92. The van der Waals surface area contributed by atoms with Gasteiger partial charge in [-0.05, 0) is 37.1 Å². The molecule has 1 heterocycles. The van der Waals surface area contributed by atoms with Gasteiger partial charge >= 0.3 is 12.1 Å². The molecule has 3 rings (SSSR count). The second-order valence-corrected chi connectivity index (χ2v) is 7.86. The summed E-state index contributed by atoms with van der Waals surface area (Å²) in [5.74, 6) is -5.07. The van der Waals surface area contributed by atoms with Crippen LogP contribution >= 0.6 is 0 Å². The molecular weight excluding hydrogens is 412 g/mol. The van der Waals surface area contributed by atoms with E-state index in [1.165, 1.54) is 13.8 Å². The molecule has 0 aromatic heterocycles. The third kappa shape index (κ3) is 4.05. The van der Waals surface area contributed by atoms with Crippen LogP contribution in [0.5, 0.6) is 0 Å². The van der Waals surface area contributed by atoms with Crippen molar-refractivity contribution in [3.05, 3.63) is 71.0 Å². The number of rotatable bonds is 4. The molecule has 0 spiro atoms. The Morgan fingerprint density at radius 2 is 1.87 bits per heavy atom. The molecule has 0 saturated heterocycles. The summed E-state index contributed by atoms with van der Waals surface area (Å²) in [6.07, 6.45) is -4.73. The number of carboxylic acid groups (broad SMARTS) is 1. The van der Waals surface area contributed by atoms with Gasteiger partial charge in [0, 0.05) is 18.1 Å². The van der Waals surface area contributed by atoms with Crippen LogP contribution in [-0.2, 0) is 17.4 Å². The Morgan fingerprint density at radius 3 is 2.42 bits per heavy atom. The summed E-state index contributed by atoms with van der Waals surface area (Å²) in [4.78, 5) is 16.7. The Hall–Kier alpha value is -3.21. The third-order valence-electron chi connectivity index (χ3n) is 6.05. The number of nitriles is 1. The van der Waals surface area contributed by atoms with Crippen molar-refractivity contribution in [3.8, 4) is 6.07 Å². The predicted molar refractivity (Wildman–Crippen MR) is 106 cm³/mol. The maximum atomic E-state index is 13.8. The molecule has 0 saturated carbocycles. The summed E-state index contributed by atoms with van der Waals surface area (Å²) in [5.41, 5.74) is -2.40. The zero-order valence-corrected chi connectivity index (χ0v) is 16.8. The van der Waals surface area contributed by atoms with Crippen LogP contribution < -0.4 is 0 Å². The van der Waals surface area contributed by atoms with Gasteiger partial charge in [-0.2, -0.15) is 18.4 Å². The Bertz CT molecular complexity index is 1060. The van der Waals surface area contributed by atoms with Crippen LogP contribution in [0.15, 0.2) is 53.5 Å². The van der Waals surface area contributed by atoms with Crippen molar-refractivity contribution in [1.29, 1.82) is 5.26 Å². The summed E-state index contributed by atoms with van der Waals surface area (Å²) in [6.45, 7) is 2.80. The average molecular weight is 432 g/mol. The third-order valence-corrected chi connectivity index (χ3v) is 6.05. The van der Waals surface area contributed by atoms with E-state index < -0.39 is 52.4 Å². The summed E-state index contributed by atoms with van der Waals surface area (Å²) >= 11 is 0. The predicted octanol–water partition coefficient (Wildman–Crippen LogP) is 5.24. The second kappa shape index (κ2) is 8.14.